The summed E-state index contributed by atoms with van der Waals surface area (Å²) in [5.41, 5.74) is 0.637. The first kappa shape index (κ1) is 24.6. The second-order valence-corrected chi connectivity index (χ2v) is 15.8. The zero-order chi connectivity index (χ0) is 25.1. The van der Waals surface area contributed by atoms with Crippen LogP contribution >= 0.6 is 10.0 Å². The van der Waals surface area contributed by atoms with Gasteiger partial charge in [-0.05, 0) is 64.9 Å². The van der Waals surface area contributed by atoms with E-state index in [4.69, 9.17) is 0 Å². The van der Waals surface area contributed by atoms with Crippen molar-refractivity contribution in [1.82, 2.24) is 20.4 Å². The van der Waals surface area contributed by atoms with E-state index >= 15 is 0 Å². The minimum Gasteiger partial charge on any atom is -0.388 e. The first-order valence-corrected chi connectivity index (χ1v) is 14.5. The standard InChI is InChI=1S/C25H37N5O3S/c1-23(2)19-17(20(29-28-19)27-21(31)25(13-14-25)34(5,6)7)15-30(23)22(32)26-18(24(3,4)33)16-11-9-8-10-12-16/h8-12,18,33H,13-15H2,1-7H3,(H,26,32)(H2,27,28,29,31). The minimum atomic E-state index is -1.16. The molecule has 3 amide bonds. The molecule has 4 N–H and O–H groups in total. The number of nitrogens with zero attached hydrogens (tertiary/aromatic N) is 2. The van der Waals surface area contributed by atoms with Crippen LogP contribution in [0.4, 0.5) is 10.6 Å². The van der Waals surface area contributed by atoms with E-state index in [0.29, 0.717) is 12.4 Å². The van der Waals surface area contributed by atoms with Gasteiger partial charge in [-0.2, -0.15) is 5.10 Å². The van der Waals surface area contributed by atoms with Crippen molar-refractivity contribution in [3.8, 4) is 0 Å². The lowest BCUT2D eigenvalue weighted by atomic mass is 9.92. The molecule has 1 aromatic carbocycles. The number of urea groups is 1. The second kappa shape index (κ2) is 8.02. The van der Waals surface area contributed by atoms with Crippen molar-refractivity contribution < 1.29 is 14.7 Å². The molecule has 2 heterocycles. The lowest BCUT2D eigenvalue weighted by Crippen LogP contribution is -2.51. The van der Waals surface area contributed by atoms with Gasteiger partial charge < -0.3 is 20.6 Å². The number of carbonyl (C=O) groups excluding carboxylic acids is 2. The predicted molar refractivity (Wildman–Crippen MR) is 137 cm³/mol. The van der Waals surface area contributed by atoms with Crippen molar-refractivity contribution >= 4 is 27.8 Å². The number of aromatic nitrogens is 2. The molecule has 1 unspecified atom stereocenters. The number of H-pyrrole nitrogens is 1. The molecule has 0 bridgehead atoms. The average Bonchev–Trinajstić information content (AvgIpc) is 3.40. The Bertz CT molecular complexity index is 1090. The van der Waals surface area contributed by atoms with Crippen LogP contribution in [0, 0.1) is 0 Å². The van der Waals surface area contributed by atoms with Gasteiger partial charge in [0, 0.05) is 5.56 Å². The number of aromatic amines is 1. The molecule has 2 aliphatic rings. The summed E-state index contributed by atoms with van der Waals surface area (Å²) < 4.78 is -0.292. The van der Waals surface area contributed by atoms with E-state index in [0.717, 1.165) is 29.7 Å². The van der Waals surface area contributed by atoms with Gasteiger partial charge in [-0.1, -0.05) is 30.3 Å². The van der Waals surface area contributed by atoms with Gasteiger partial charge in [-0.15, -0.1) is 0 Å². The molecule has 2 aromatic rings. The van der Waals surface area contributed by atoms with Crippen molar-refractivity contribution in [2.45, 2.75) is 69.0 Å². The van der Waals surface area contributed by atoms with Crippen LogP contribution in [0.1, 0.15) is 63.4 Å². The average molecular weight is 488 g/mol. The van der Waals surface area contributed by atoms with Gasteiger partial charge in [0.25, 0.3) is 0 Å². The van der Waals surface area contributed by atoms with Gasteiger partial charge in [0.1, 0.15) is 0 Å². The van der Waals surface area contributed by atoms with Crippen LogP contribution in [0.2, 0.25) is 0 Å². The highest BCUT2D eigenvalue weighted by Gasteiger charge is 2.56. The van der Waals surface area contributed by atoms with Crippen LogP contribution < -0.4 is 10.6 Å². The largest absolute Gasteiger partial charge is 0.388 e. The van der Waals surface area contributed by atoms with Crippen LogP contribution in [-0.2, 0) is 16.9 Å². The number of amides is 3. The third-order valence-corrected chi connectivity index (χ3v) is 10.3. The van der Waals surface area contributed by atoms with Crippen LogP contribution in [-0.4, -0.2) is 61.3 Å². The summed E-state index contributed by atoms with van der Waals surface area (Å²) >= 11 is 0. The molecule has 1 fully saturated rings. The van der Waals surface area contributed by atoms with Crippen LogP contribution in [0.5, 0.6) is 0 Å². The van der Waals surface area contributed by atoms with Crippen LogP contribution in [0.15, 0.2) is 30.3 Å². The molecule has 4 rings (SSSR count). The topological polar surface area (TPSA) is 110 Å². The Kier molecular flexibility index (Phi) is 5.80. The molecule has 1 saturated carbocycles. The maximum Gasteiger partial charge on any atom is 0.319 e. The quantitative estimate of drug-likeness (QED) is 0.496. The van der Waals surface area contributed by atoms with E-state index in [-0.39, 0.29) is 16.7 Å². The van der Waals surface area contributed by atoms with Crippen molar-refractivity contribution in [3.05, 3.63) is 47.2 Å². The monoisotopic (exact) mass is 487 g/mol. The first-order valence-electron chi connectivity index (χ1n) is 11.6. The Morgan fingerprint density at radius 1 is 1.18 bits per heavy atom. The highest BCUT2D eigenvalue weighted by Crippen LogP contribution is 2.64. The van der Waals surface area contributed by atoms with Crippen LogP contribution in [0.25, 0.3) is 0 Å². The maximum atomic E-state index is 13.5. The third-order valence-electron chi connectivity index (χ3n) is 7.34. The number of aliphatic hydroxyl groups is 1. The lowest BCUT2D eigenvalue weighted by Gasteiger charge is -2.36. The van der Waals surface area contributed by atoms with Crippen molar-refractivity contribution in [3.63, 3.8) is 0 Å². The summed E-state index contributed by atoms with van der Waals surface area (Å²) in [7, 11) is -1.06. The number of hydrogen-bond acceptors (Lipinski definition) is 4. The zero-order valence-electron chi connectivity index (χ0n) is 21.2. The molecule has 1 aliphatic carbocycles. The zero-order valence-corrected chi connectivity index (χ0v) is 22.0. The molecule has 186 valence electrons. The normalized spacial score (nSPS) is 19.8. The Labute approximate surface area is 203 Å². The summed E-state index contributed by atoms with van der Waals surface area (Å²) in [6.07, 6.45) is 8.34. The molecule has 1 atom stereocenters. The second-order valence-electron chi connectivity index (χ2n) is 11.3. The first-order chi connectivity index (χ1) is 15.7. The number of hydrogen-bond donors (Lipinski definition) is 4. The molecule has 9 heteroatoms. The number of fused-ring (bicyclic) bond motifs is 1. The summed E-state index contributed by atoms with van der Waals surface area (Å²) in [5, 5.41) is 24.3. The summed E-state index contributed by atoms with van der Waals surface area (Å²) in [4.78, 5) is 28.4. The summed E-state index contributed by atoms with van der Waals surface area (Å²) in [6, 6.07) is 8.58. The molecule has 0 spiro atoms. The highest BCUT2D eigenvalue weighted by molar-refractivity contribution is 8.34. The molecule has 8 nitrogen and oxygen atoms in total. The van der Waals surface area contributed by atoms with Crippen molar-refractivity contribution in [2.75, 3.05) is 24.1 Å². The van der Waals surface area contributed by atoms with Gasteiger partial charge in [0.2, 0.25) is 5.91 Å². The smallest absolute Gasteiger partial charge is 0.319 e. The Morgan fingerprint density at radius 3 is 2.32 bits per heavy atom. The number of benzene rings is 1. The Balaban J connectivity index is 1.55. The van der Waals surface area contributed by atoms with Crippen LogP contribution in [0.3, 0.4) is 0 Å². The van der Waals surface area contributed by atoms with E-state index in [2.05, 4.69) is 39.6 Å². The Morgan fingerprint density at radius 2 is 1.79 bits per heavy atom. The maximum absolute atomic E-state index is 13.5. The molecule has 1 aromatic heterocycles. The minimum absolute atomic E-state index is 0.0242. The molecular weight excluding hydrogens is 450 g/mol. The van der Waals surface area contributed by atoms with Gasteiger partial charge >= 0.3 is 6.03 Å². The van der Waals surface area contributed by atoms with E-state index in [9.17, 15) is 14.7 Å². The van der Waals surface area contributed by atoms with E-state index in [1.807, 2.05) is 44.2 Å². The van der Waals surface area contributed by atoms with Gasteiger partial charge in [0.15, 0.2) is 5.82 Å². The number of anilines is 1. The summed E-state index contributed by atoms with van der Waals surface area (Å²) in [5.74, 6) is 0.525. The predicted octanol–water partition coefficient (Wildman–Crippen LogP) is 3.85. The van der Waals surface area contributed by atoms with Gasteiger partial charge in [-0.25, -0.2) is 14.8 Å². The molecule has 34 heavy (non-hydrogen) atoms. The number of nitrogens with one attached hydrogen (secondary N) is 3. The van der Waals surface area contributed by atoms with Gasteiger partial charge in [0.05, 0.1) is 34.2 Å². The third kappa shape index (κ3) is 4.09. The molecule has 0 saturated heterocycles. The molecular formula is C25H37N5O3S. The van der Waals surface area contributed by atoms with Crippen molar-refractivity contribution in [1.29, 1.82) is 0 Å². The highest BCUT2D eigenvalue weighted by atomic mass is 32.3. The van der Waals surface area contributed by atoms with Crippen molar-refractivity contribution in [2.24, 2.45) is 0 Å². The lowest BCUT2D eigenvalue weighted by molar-refractivity contribution is -0.116. The molecule has 1 aliphatic heterocycles. The van der Waals surface area contributed by atoms with E-state index in [1.54, 1.807) is 18.7 Å². The van der Waals surface area contributed by atoms with Gasteiger partial charge in [-0.3, -0.25) is 9.89 Å². The Hall–Kier alpha value is -2.52. The molecule has 0 radical (unpaired) electrons. The summed E-state index contributed by atoms with van der Waals surface area (Å²) in [6.45, 7) is 7.58. The number of carbonyl (C=O) groups is 2. The fraction of sp³-hybridized carbons (Fsp3) is 0.560. The number of rotatable bonds is 6. The van der Waals surface area contributed by atoms with E-state index in [1.165, 1.54) is 0 Å². The fourth-order valence-corrected chi connectivity index (χ4v) is 6.85. The SMILES string of the molecule is CC(C)(O)C(NC(=O)N1Cc2c(NC(=O)C3(S(C)(C)C)CC3)n[nH]c2C1(C)C)c1ccccc1. The fourth-order valence-electron chi connectivity index (χ4n) is 4.91. The van der Waals surface area contributed by atoms with E-state index < -0.39 is 27.2 Å².